The summed E-state index contributed by atoms with van der Waals surface area (Å²) in [7, 11) is 1.63. The number of nitriles is 1. The minimum absolute atomic E-state index is 0.0794. The van der Waals surface area contributed by atoms with Crippen LogP contribution in [-0.4, -0.2) is 17.3 Å². The third kappa shape index (κ3) is 2.68. The van der Waals surface area contributed by atoms with Crippen molar-refractivity contribution >= 4 is 10.8 Å². The second kappa shape index (κ2) is 6.98. The fraction of sp³-hybridized carbons (Fsp3) is 0.0833. The van der Waals surface area contributed by atoms with E-state index in [2.05, 4.69) is 34.5 Å². The van der Waals surface area contributed by atoms with Gasteiger partial charge in [0.2, 0.25) is 11.8 Å². The molecule has 0 saturated carbocycles. The van der Waals surface area contributed by atoms with E-state index in [1.807, 2.05) is 48.5 Å². The van der Waals surface area contributed by atoms with Crippen molar-refractivity contribution in [2.75, 3.05) is 7.11 Å². The molecular weight excluding hydrogens is 376 g/mol. The third-order valence-electron chi connectivity index (χ3n) is 5.45. The Balaban J connectivity index is 1.77. The third-order valence-corrected chi connectivity index (χ3v) is 5.45. The van der Waals surface area contributed by atoms with Crippen LogP contribution in [0.2, 0.25) is 0 Å². The standard InChI is InChI=1S/C24H18N4O2/c1-29-16-11-9-15(10-12-16)22-21-20(19(13-25)23(26)30-24(21)28-27-22)18-8-4-6-14-5-2-3-7-17(14)18/h2-12,20H,26H2,1H3,(H,27,28)/t20-/m0/s1. The number of benzene rings is 3. The van der Waals surface area contributed by atoms with Gasteiger partial charge in [0.1, 0.15) is 17.4 Å². The zero-order chi connectivity index (χ0) is 20.7. The van der Waals surface area contributed by atoms with Crippen molar-refractivity contribution in [2.24, 2.45) is 5.73 Å². The summed E-state index contributed by atoms with van der Waals surface area (Å²) in [6, 6.07) is 24.1. The average molecular weight is 394 g/mol. The van der Waals surface area contributed by atoms with Gasteiger partial charge in [-0.1, -0.05) is 42.5 Å². The maximum atomic E-state index is 9.94. The molecule has 0 amide bonds. The first kappa shape index (κ1) is 17.8. The molecule has 30 heavy (non-hydrogen) atoms. The zero-order valence-corrected chi connectivity index (χ0v) is 16.2. The Kier molecular flexibility index (Phi) is 4.15. The van der Waals surface area contributed by atoms with E-state index in [4.69, 9.17) is 15.2 Å². The van der Waals surface area contributed by atoms with E-state index in [-0.39, 0.29) is 5.88 Å². The number of aromatic amines is 1. The fourth-order valence-electron chi connectivity index (χ4n) is 4.04. The van der Waals surface area contributed by atoms with Crippen molar-refractivity contribution in [1.82, 2.24) is 10.2 Å². The van der Waals surface area contributed by atoms with Gasteiger partial charge in [0.25, 0.3) is 0 Å². The summed E-state index contributed by atoms with van der Waals surface area (Å²) in [5.41, 5.74) is 9.97. The number of hydrogen-bond acceptors (Lipinski definition) is 5. The molecule has 0 radical (unpaired) electrons. The maximum Gasteiger partial charge on any atom is 0.244 e. The first-order valence-corrected chi connectivity index (χ1v) is 9.49. The monoisotopic (exact) mass is 394 g/mol. The average Bonchev–Trinajstić information content (AvgIpc) is 3.21. The van der Waals surface area contributed by atoms with E-state index in [1.54, 1.807) is 7.11 Å². The largest absolute Gasteiger partial charge is 0.497 e. The number of nitrogens with one attached hydrogen (secondary N) is 1. The topological polar surface area (TPSA) is 97.0 Å². The lowest BCUT2D eigenvalue weighted by molar-refractivity contribution is 0.379. The van der Waals surface area contributed by atoms with E-state index < -0.39 is 5.92 Å². The number of hydrogen-bond donors (Lipinski definition) is 2. The zero-order valence-electron chi connectivity index (χ0n) is 16.2. The van der Waals surface area contributed by atoms with Crippen LogP contribution in [0.4, 0.5) is 0 Å². The molecule has 3 aromatic carbocycles. The highest BCUT2D eigenvalue weighted by Crippen LogP contribution is 2.47. The lowest BCUT2D eigenvalue weighted by Crippen LogP contribution is -2.21. The molecule has 1 aliphatic rings. The van der Waals surface area contributed by atoms with Crippen molar-refractivity contribution < 1.29 is 9.47 Å². The number of nitrogens with zero attached hydrogens (tertiary/aromatic N) is 2. The molecule has 0 fully saturated rings. The molecule has 3 N–H and O–H groups in total. The van der Waals surface area contributed by atoms with Crippen molar-refractivity contribution in [1.29, 1.82) is 5.26 Å². The molecule has 2 heterocycles. The molecule has 5 rings (SSSR count). The van der Waals surface area contributed by atoms with Crippen molar-refractivity contribution in [3.63, 3.8) is 0 Å². The van der Waals surface area contributed by atoms with Crippen molar-refractivity contribution in [2.45, 2.75) is 5.92 Å². The number of methoxy groups -OCH3 is 1. The smallest absolute Gasteiger partial charge is 0.244 e. The number of fused-ring (bicyclic) bond motifs is 2. The van der Waals surface area contributed by atoms with Gasteiger partial charge in [-0.3, -0.25) is 5.10 Å². The number of aromatic nitrogens is 2. The molecule has 6 nitrogen and oxygen atoms in total. The molecule has 0 saturated heterocycles. The van der Waals surface area contributed by atoms with Crippen LogP contribution in [0, 0.1) is 11.3 Å². The minimum Gasteiger partial charge on any atom is -0.497 e. The van der Waals surface area contributed by atoms with Crippen LogP contribution in [0.3, 0.4) is 0 Å². The first-order valence-electron chi connectivity index (χ1n) is 9.49. The number of H-pyrrole nitrogens is 1. The fourth-order valence-corrected chi connectivity index (χ4v) is 4.04. The molecule has 1 aromatic heterocycles. The summed E-state index contributed by atoms with van der Waals surface area (Å²) in [5.74, 6) is 0.822. The summed E-state index contributed by atoms with van der Waals surface area (Å²) in [6.07, 6.45) is 0. The van der Waals surface area contributed by atoms with Crippen LogP contribution in [0.1, 0.15) is 17.0 Å². The minimum atomic E-state index is -0.402. The Bertz CT molecular complexity index is 1320. The van der Waals surface area contributed by atoms with Crippen molar-refractivity contribution in [3.05, 3.63) is 89.3 Å². The predicted molar refractivity (Wildman–Crippen MR) is 114 cm³/mol. The summed E-state index contributed by atoms with van der Waals surface area (Å²) < 4.78 is 11.0. The Morgan fingerprint density at radius 3 is 2.60 bits per heavy atom. The van der Waals surface area contributed by atoms with Gasteiger partial charge in [0, 0.05) is 5.56 Å². The molecule has 0 bridgehead atoms. The van der Waals surface area contributed by atoms with E-state index in [0.717, 1.165) is 38.9 Å². The molecule has 6 heteroatoms. The second-order valence-corrected chi connectivity index (χ2v) is 7.04. The SMILES string of the molecule is COc1ccc(-c2[nH]nc3c2[C@@H](c2cccc4ccccc24)C(C#N)=C(N)O3)cc1. The maximum absolute atomic E-state index is 9.94. The Morgan fingerprint density at radius 2 is 1.83 bits per heavy atom. The van der Waals surface area contributed by atoms with Crippen LogP contribution >= 0.6 is 0 Å². The van der Waals surface area contributed by atoms with Gasteiger partial charge in [0.15, 0.2) is 0 Å². The quantitative estimate of drug-likeness (QED) is 0.535. The predicted octanol–water partition coefficient (Wildman–Crippen LogP) is 4.46. The van der Waals surface area contributed by atoms with Gasteiger partial charge in [-0.15, -0.1) is 5.10 Å². The highest BCUT2D eigenvalue weighted by Gasteiger charge is 2.36. The molecule has 1 aliphatic heterocycles. The van der Waals surface area contributed by atoms with Gasteiger partial charge in [-0.05, 0) is 40.6 Å². The Hall–Kier alpha value is -4.24. The lowest BCUT2D eigenvalue weighted by atomic mass is 9.81. The van der Waals surface area contributed by atoms with E-state index in [9.17, 15) is 5.26 Å². The molecule has 4 aromatic rings. The second-order valence-electron chi connectivity index (χ2n) is 7.04. The lowest BCUT2D eigenvalue weighted by Gasteiger charge is -2.25. The van der Waals surface area contributed by atoms with Crippen LogP contribution in [0.25, 0.3) is 22.0 Å². The Labute approximate surface area is 173 Å². The first-order chi connectivity index (χ1) is 14.7. The van der Waals surface area contributed by atoms with Crippen molar-refractivity contribution in [3.8, 4) is 29.0 Å². The molecule has 0 spiro atoms. The summed E-state index contributed by atoms with van der Waals surface area (Å²) in [4.78, 5) is 0. The molecule has 1 atom stereocenters. The Morgan fingerprint density at radius 1 is 1.07 bits per heavy atom. The summed E-state index contributed by atoms with van der Waals surface area (Å²) >= 11 is 0. The van der Waals surface area contributed by atoms with Crippen LogP contribution in [0.5, 0.6) is 11.6 Å². The normalized spacial score (nSPS) is 15.4. The number of rotatable bonds is 3. The van der Waals surface area contributed by atoms with Crippen LogP contribution in [0.15, 0.2) is 78.2 Å². The van der Waals surface area contributed by atoms with Gasteiger partial charge >= 0.3 is 0 Å². The summed E-state index contributed by atoms with van der Waals surface area (Å²) in [6.45, 7) is 0. The van der Waals surface area contributed by atoms with E-state index >= 15 is 0 Å². The van der Waals surface area contributed by atoms with E-state index in [1.165, 1.54) is 0 Å². The highest BCUT2D eigenvalue weighted by atomic mass is 16.5. The van der Waals surface area contributed by atoms with E-state index in [0.29, 0.717) is 11.5 Å². The van der Waals surface area contributed by atoms with Crippen LogP contribution < -0.4 is 15.2 Å². The van der Waals surface area contributed by atoms with Gasteiger partial charge in [-0.2, -0.15) is 5.26 Å². The molecule has 146 valence electrons. The number of ether oxygens (including phenoxy) is 2. The highest BCUT2D eigenvalue weighted by molar-refractivity contribution is 5.88. The number of allylic oxidation sites excluding steroid dienone is 1. The van der Waals surface area contributed by atoms with Gasteiger partial charge < -0.3 is 15.2 Å². The summed E-state index contributed by atoms with van der Waals surface area (Å²) in [5, 5.41) is 19.5. The molecule has 0 unspecified atom stereocenters. The number of nitrogens with two attached hydrogens (primary N) is 1. The van der Waals surface area contributed by atoms with Gasteiger partial charge in [-0.25, -0.2) is 0 Å². The van der Waals surface area contributed by atoms with Gasteiger partial charge in [0.05, 0.1) is 24.3 Å². The molecular formula is C24H18N4O2. The molecule has 0 aliphatic carbocycles. The van der Waals surface area contributed by atoms with Crippen LogP contribution in [-0.2, 0) is 0 Å².